The zero-order chi connectivity index (χ0) is 17.0. The standard InChI is InChI=1S/C15H14N6O2/c1-15(2,3)23-14(22)21-9-18-12-6-10(4-5-13(12)21)19-20-11(7-16)8-17/h4-6,9,19H,1-3H3. The Morgan fingerprint density at radius 1 is 1.35 bits per heavy atom. The number of ether oxygens (including phenoxy) is 1. The van der Waals surface area contributed by atoms with Crippen LogP contribution in [0.2, 0.25) is 0 Å². The molecular weight excluding hydrogens is 296 g/mol. The van der Waals surface area contributed by atoms with Crippen molar-refractivity contribution < 1.29 is 9.53 Å². The minimum absolute atomic E-state index is 0.288. The first-order valence-electron chi connectivity index (χ1n) is 6.68. The molecule has 0 aliphatic heterocycles. The highest BCUT2D eigenvalue weighted by Crippen LogP contribution is 2.19. The average Bonchev–Trinajstić information content (AvgIpc) is 2.89. The molecule has 0 radical (unpaired) electrons. The van der Waals surface area contributed by atoms with Crippen LogP contribution >= 0.6 is 0 Å². The summed E-state index contributed by atoms with van der Waals surface area (Å²) in [7, 11) is 0. The Kier molecular flexibility index (Phi) is 4.28. The number of fused-ring (bicyclic) bond motifs is 1. The minimum Gasteiger partial charge on any atom is -0.443 e. The fourth-order valence-corrected chi connectivity index (χ4v) is 1.73. The summed E-state index contributed by atoms with van der Waals surface area (Å²) in [6, 6.07) is 8.26. The number of aromatic nitrogens is 2. The van der Waals surface area contributed by atoms with Gasteiger partial charge in [-0.1, -0.05) is 0 Å². The van der Waals surface area contributed by atoms with Gasteiger partial charge in [0.2, 0.25) is 5.71 Å². The maximum atomic E-state index is 12.1. The summed E-state index contributed by atoms with van der Waals surface area (Å²) in [5.74, 6) is 0. The van der Waals surface area contributed by atoms with E-state index < -0.39 is 11.7 Å². The highest BCUT2D eigenvalue weighted by Gasteiger charge is 2.19. The summed E-state index contributed by atoms with van der Waals surface area (Å²) in [6.45, 7) is 5.35. The number of hydrazone groups is 1. The van der Waals surface area contributed by atoms with Crippen LogP contribution in [0, 0.1) is 22.7 Å². The zero-order valence-corrected chi connectivity index (χ0v) is 12.9. The maximum Gasteiger partial charge on any atom is 0.420 e. The second-order valence-electron chi connectivity index (χ2n) is 5.59. The van der Waals surface area contributed by atoms with Gasteiger partial charge in [0.25, 0.3) is 0 Å². The topological polar surface area (TPSA) is 116 Å². The number of nitriles is 2. The number of nitrogens with zero attached hydrogens (tertiary/aromatic N) is 5. The molecule has 0 saturated heterocycles. The second-order valence-corrected chi connectivity index (χ2v) is 5.59. The largest absolute Gasteiger partial charge is 0.443 e. The Hall–Kier alpha value is -3.39. The molecule has 116 valence electrons. The molecule has 23 heavy (non-hydrogen) atoms. The monoisotopic (exact) mass is 310 g/mol. The first kappa shape index (κ1) is 16.0. The van der Waals surface area contributed by atoms with Crippen LogP contribution in [0.4, 0.5) is 10.5 Å². The molecule has 8 heteroatoms. The predicted octanol–water partition coefficient (Wildman–Crippen LogP) is 2.63. The molecule has 1 aromatic heterocycles. The molecule has 0 aliphatic rings. The van der Waals surface area contributed by atoms with Gasteiger partial charge in [-0.3, -0.25) is 5.43 Å². The van der Waals surface area contributed by atoms with Gasteiger partial charge in [0.15, 0.2) is 0 Å². The molecule has 0 unspecified atom stereocenters. The fourth-order valence-electron chi connectivity index (χ4n) is 1.73. The summed E-state index contributed by atoms with van der Waals surface area (Å²) >= 11 is 0. The molecule has 1 aromatic carbocycles. The third-order valence-electron chi connectivity index (χ3n) is 2.65. The lowest BCUT2D eigenvalue weighted by atomic mass is 10.2. The molecule has 2 rings (SSSR count). The van der Waals surface area contributed by atoms with Crippen LogP contribution in [0.5, 0.6) is 0 Å². The molecule has 0 amide bonds. The number of carbonyl (C=O) groups is 1. The number of nitrogens with one attached hydrogen (secondary N) is 1. The van der Waals surface area contributed by atoms with Crippen molar-refractivity contribution in [3.05, 3.63) is 24.5 Å². The third kappa shape index (κ3) is 3.83. The molecule has 0 fully saturated rings. The summed E-state index contributed by atoms with van der Waals surface area (Å²) in [5.41, 5.74) is 3.37. The smallest absolute Gasteiger partial charge is 0.420 e. The number of benzene rings is 1. The van der Waals surface area contributed by atoms with Gasteiger partial charge < -0.3 is 4.74 Å². The molecule has 1 heterocycles. The predicted molar refractivity (Wildman–Crippen MR) is 83.6 cm³/mol. The van der Waals surface area contributed by atoms with Crippen LogP contribution in [0.25, 0.3) is 11.0 Å². The normalized spacial score (nSPS) is 10.5. The maximum absolute atomic E-state index is 12.1. The SMILES string of the molecule is CC(C)(C)OC(=O)n1cnc2cc(NN=C(C#N)C#N)ccc21. The lowest BCUT2D eigenvalue weighted by Crippen LogP contribution is -2.26. The quantitative estimate of drug-likeness (QED) is 0.673. The third-order valence-corrected chi connectivity index (χ3v) is 2.65. The van der Waals surface area contributed by atoms with Gasteiger partial charge in [-0.05, 0) is 39.0 Å². The first-order chi connectivity index (χ1) is 10.8. The number of hydrogen-bond acceptors (Lipinski definition) is 7. The van der Waals surface area contributed by atoms with E-state index in [4.69, 9.17) is 15.3 Å². The molecule has 1 N–H and O–H groups in total. The van der Waals surface area contributed by atoms with Crippen molar-refractivity contribution in [2.24, 2.45) is 5.10 Å². The Balaban J connectivity index is 2.28. The van der Waals surface area contributed by atoms with E-state index in [1.54, 1.807) is 51.1 Å². The Morgan fingerprint density at radius 2 is 2.04 bits per heavy atom. The molecule has 0 spiro atoms. The van der Waals surface area contributed by atoms with E-state index in [1.807, 2.05) is 0 Å². The van der Waals surface area contributed by atoms with Crippen LogP contribution in [0.15, 0.2) is 29.6 Å². The van der Waals surface area contributed by atoms with Crippen LogP contribution in [-0.2, 0) is 4.74 Å². The van der Waals surface area contributed by atoms with Crippen LogP contribution in [-0.4, -0.2) is 27.0 Å². The van der Waals surface area contributed by atoms with Crippen LogP contribution < -0.4 is 5.43 Å². The summed E-state index contributed by atoms with van der Waals surface area (Å²) in [4.78, 5) is 16.2. The van der Waals surface area contributed by atoms with Crippen molar-refractivity contribution in [2.75, 3.05) is 5.43 Å². The second kappa shape index (κ2) is 6.16. The van der Waals surface area contributed by atoms with Gasteiger partial charge in [0.1, 0.15) is 24.1 Å². The van der Waals surface area contributed by atoms with Crippen molar-refractivity contribution in [2.45, 2.75) is 26.4 Å². The van der Waals surface area contributed by atoms with Crippen molar-refractivity contribution in [3.8, 4) is 12.1 Å². The molecule has 0 saturated carbocycles. The van der Waals surface area contributed by atoms with Gasteiger partial charge in [-0.2, -0.15) is 15.6 Å². The van der Waals surface area contributed by atoms with E-state index in [2.05, 4.69) is 15.5 Å². The summed E-state index contributed by atoms with van der Waals surface area (Å²) in [6.07, 6.45) is 0.858. The van der Waals surface area contributed by atoms with Crippen LogP contribution in [0.1, 0.15) is 20.8 Å². The van der Waals surface area contributed by atoms with E-state index in [9.17, 15) is 4.79 Å². The average molecular weight is 310 g/mol. The van der Waals surface area contributed by atoms with Gasteiger partial charge in [0.05, 0.1) is 16.7 Å². The van der Waals surface area contributed by atoms with E-state index in [1.165, 1.54) is 10.9 Å². The Morgan fingerprint density at radius 3 is 2.65 bits per heavy atom. The molecular formula is C15H14N6O2. The van der Waals surface area contributed by atoms with Gasteiger partial charge in [-0.25, -0.2) is 14.3 Å². The highest BCUT2D eigenvalue weighted by molar-refractivity contribution is 6.10. The molecule has 0 atom stereocenters. The van der Waals surface area contributed by atoms with Crippen molar-refractivity contribution in [3.63, 3.8) is 0 Å². The number of carbonyl (C=O) groups excluding carboxylic acids is 1. The molecule has 0 aliphatic carbocycles. The lowest BCUT2D eigenvalue weighted by molar-refractivity contribution is 0.0543. The van der Waals surface area contributed by atoms with E-state index in [0.29, 0.717) is 16.7 Å². The van der Waals surface area contributed by atoms with E-state index in [-0.39, 0.29) is 5.71 Å². The lowest BCUT2D eigenvalue weighted by Gasteiger charge is -2.19. The molecule has 0 bridgehead atoms. The Labute approximate surface area is 132 Å². The van der Waals surface area contributed by atoms with Gasteiger partial charge in [0, 0.05) is 0 Å². The number of imidazole rings is 1. The van der Waals surface area contributed by atoms with E-state index in [0.717, 1.165) is 0 Å². The van der Waals surface area contributed by atoms with Crippen LogP contribution in [0.3, 0.4) is 0 Å². The van der Waals surface area contributed by atoms with E-state index >= 15 is 0 Å². The summed E-state index contributed by atoms with van der Waals surface area (Å²) < 4.78 is 6.61. The number of rotatable bonds is 2. The minimum atomic E-state index is -0.602. The first-order valence-corrected chi connectivity index (χ1v) is 6.68. The van der Waals surface area contributed by atoms with Crippen molar-refractivity contribution >= 4 is 28.5 Å². The highest BCUT2D eigenvalue weighted by atomic mass is 16.6. The number of anilines is 1. The zero-order valence-electron chi connectivity index (χ0n) is 12.9. The fraction of sp³-hybridized carbons (Fsp3) is 0.267. The van der Waals surface area contributed by atoms with Crippen molar-refractivity contribution in [1.82, 2.24) is 9.55 Å². The Bertz CT molecular complexity index is 845. The van der Waals surface area contributed by atoms with Gasteiger partial charge in [-0.15, -0.1) is 0 Å². The van der Waals surface area contributed by atoms with Crippen molar-refractivity contribution in [1.29, 1.82) is 10.5 Å². The molecule has 8 nitrogen and oxygen atoms in total. The number of hydrogen-bond donors (Lipinski definition) is 1. The summed E-state index contributed by atoms with van der Waals surface area (Å²) in [5, 5.41) is 20.9. The van der Waals surface area contributed by atoms with Gasteiger partial charge >= 0.3 is 6.09 Å². The molecule has 2 aromatic rings.